The maximum atomic E-state index is 12.6. The van der Waals surface area contributed by atoms with Gasteiger partial charge >= 0.3 is 0 Å². The third-order valence-electron chi connectivity index (χ3n) is 5.46. The molecule has 0 aliphatic carbocycles. The molecule has 0 unspecified atom stereocenters. The van der Waals surface area contributed by atoms with Gasteiger partial charge in [0.15, 0.2) is 0 Å². The Morgan fingerprint density at radius 3 is 2.60 bits per heavy atom. The van der Waals surface area contributed by atoms with E-state index in [1.54, 1.807) is 15.6 Å². The predicted octanol–water partition coefficient (Wildman–Crippen LogP) is 2.28. The van der Waals surface area contributed by atoms with Gasteiger partial charge in [-0.15, -0.1) is 0 Å². The number of para-hydroxylation sites is 1. The van der Waals surface area contributed by atoms with Crippen LogP contribution in [0.15, 0.2) is 59.5 Å². The summed E-state index contributed by atoms with van der Waals surface area (Å²) >= 11 is 0. The second-order valence-electron chi connectivity index (χ2n) is 7.51. The minimum Gasteiger partial charge on any atom is -0.378 e. The van der Waals surface area contributed by atoms with Gasteiger partial charge in [0.2, 0.25) is 11.3 Å². The van der Waals surface area contributed by atoms with Gasteiger partial charge in [0.05, 0.1) is 31.5 Å². The number of ether oxygens (including phenoxy) is 1. The summed E-state index contributed by atoms with van der Waals surface area (Å²) in [6, 6.07) is 15.7. The molecule has 0 spiro atoms. The standard InChI is InChI=1S/C23H26N4O3/c1-25(17-18-6-8-19(9-7-18)26-12-14-30-15-13-26)23(29)10-11-27-21-5-3-2-4-20(21)22(28)16-24-27/h2-9,16H,10-15,17H2,1H3. The van der Waals surface area contributed by atoms with Crippen LogP contribution in [0.2, 0.25) is 0 Å². The number of aromatic nitrogens is 2. The van der Waals surface area contributed by atoms with Crippen molar-refractivity contribution in [2.45, 2.75) is 19.5 Å². The number of hydrogen-bond acceptors (Lipinski definition) is 5. The number of carbonyl (C=O) groups is 1. The van der Waals surface area contributed by atoms with Crippen molar-refractivity contribution in [1.29, 1.82) is 0 Å². The van der Waals surface area contributed by atoms with E-state index >= 15 is 0 Å². The van der Waals surface area contributed by atoms with Crippen LogP contribution < -0.4 is 10.3 Å². The summed E-state index contributed by atoms with van der Waals surface area (Å²) in [6.07, 6.45) is 1.63. The highest BCUT2D eigenvalue weighted by Gasteiger charge is 2.13. The summed E-state index contributed by atoms with van der Waals surface area (Å²) in [5.41, 5.74) is 2.92. The topological polar surface area (TPSA) is 67.7 Å². The van der Waals surface area contributed by atoms with E-state index in [4.69, 9.17) is 4.74 Å². The Kier molecular flexibility index (Phi) is 6.09. The number of morpholine rings is 1. The zero-order chi connectivity index (χ0) is 20.9. The molecule has 1 aromatic heterocycles. The van der Waals surface area contributed by atoms with Gasteiger partial charge in [0.1, 0.15) is 0 Å². The first-order valence-corrected chi connectivity index (χ1v) is 10.2. The van der Waals surface area contributed by atoms with Crippen molar-refractivity contribution in [3.63, 3.8) is 0 Å². The summed E-state index contributed by atoms with van der Waals surface area (Å²) < 4.78 is 7.12. The second-order valence-corrected chi connectivity index (χ2v) is 7.51. The van der Waals surface area contributed by atoms with Gasteiger partial charge in [-0.1, -0.05) is 24.3 Å². The first-order valence-electron chi connectivity index (χ1n) is 10.2. The zero-order valence-electron chi connectivity index (χ0n) is 17.2. The molecule has 0 bridgehead atoms. The molecule has 0 radical (unpaired) electrons. The molecule has 2 heterocycles. The predicted molar refractivity (Wildman–Crippen MR) is 117 cm³/mol. The summed E-state index contributed by atoms with van der Waals surface area (Å²) in [6.45, 7) is 4.33. The van der Waals surface area contributed by atoms with E-state index in [1.807, 2.05) is 25.2 Å². The van der Waals surface area contributed by atoms with Gasteiger partial charge < -0.3 is 14.5 Å². The first kappa shape index (κ1) is 20.1. The van der Waals surface area contributed by atoms with E-state index in [2.05, 4.69) is 34.3 Å². The Bertz CT molecular complexity index is 1070. The van der Waals surface area contributed by atoms with E-state index < -0.39 is 0 Å². The number of nitrogens with zero attached hydrogens (tertiary/aromatic N) is 4. The minimum atomic E-state index is -0.106. The third kappa shape index (κ3) is 4.52. The molecule has 1 amide bonds. The maximum Gasteiger partial charge on any atom is 0.224 e. The molecule has 0 N–H and O–H groups in total. The summed E-state index contributed by atoms with van der Waals surface area (Å²) in [4.78, 5) is 28.6. The van der Waals surface area contributed by atoms with Crippen molar-refractivity contribution in [2.75, 3.05) is 38.3 Å². The van der Waals surface area contributed by atoms with Gasteiger partial charge in [-0.05, 0) is 29.8 Å². The Labute approximate surface area is 175 Å². The van der Waals surface area contributed by atoms with Gasteiger partial charge in [0, 0.05) is 44.2 Å². The number of rotatable bonds is 6. The quantitative estimate of drug-likeness (QED) is 0.628. The number of anilines is 1. The van der Waals surface area contributed by atoms with Crippen molar-refractivity contribution in [2.24, 2.45) is 0 Å². The van der Waals surface area contributed by atoms with E-state index in [0.717, 1.165) is 37.4 Å². The smallest absolute Gasteiger partial charge is 0.224 e. The fourth-order valence-electron chi connectivity index (χ4n) is 3.73. The molecule has 0 atom stereocenters. The molecule has 30 heavy (non-hydrogen) atoms. The summed E-state index contributed by atoms with van der Waals surface area (Å²) in [5, 5.41) is 4.81. The Balaban J connectivity index is 1.35. The number of amides is 1. The number of aryl methyl sites for hydroxylation is 1. The highest BCUT2D eigenvalue weighted by atomic mass is 16.5. The third-order valence-corrected chi connectivity index (χ3v) is 5.46. The second kappa shape index (κ2) is 9.09. The van der Waals surface area contributed by atoms with Crippen LogP contribution in [0, 0.1) is 0 Å². The number of hydrogen-bond donors (Lipinski definition) is 0. The zero-order valence-corrected chi connectivity index (χ0v) is 17.2. The lowest BCUT2D eigenvalue weighted by atomic mass is 10.1. The van der Waals surface area contributed by atoms with Gasteiger partial charge in [0.25, 0.3) is 0 Å². The molecule has 4 rings (SSSR count). The van der Waals surface area contributed by atoms with Gasteiger partial charge in [-0.2, -0.15) is 5.10 Å². The van der Waals surface area contributed by atoms with Crippen LogP contribution in [0.5, 0.6) is 0 Å². The molecule has 1 aliphatic rings. The van der Waals surface area contributed by atoms with Crippen molar-refractivity contribution < 1.29 is 9.53 Å². The van der Waals surface area contributed by atoms with E-state index in [-0.39, 0.29) is 11.3 Å². The van der Waals surface area contributed by atoms with Gasteiger partial charge in [-0.25, -0.2) is 0 Å². The maximum absolute atomic E-state index is 12.6. The Morgan fingerprint density at radius 1 is 1.10 bits per heavy atom. The van der Waals surface area contributed by atoms with Crippen LogP contribution in [0.4, 0.5) is 5.69 Å². The highest BCUT2D eigenvalue weighted by Crippen LogP contribution is 2.17. The largest absolute Gasteiger partial charge is 0.378 e. The van der Waals surface area contributed by atoms with Crippen molar-refractivity contribution >= 4 is 22.5 Å². The molecule has 7 nitrogen and oxygen atoms in total. The minimum absolute atomic E-state index is 0.0387. The van der Waals surface area contributed by atoms with Crippen LogP contribution in [0.1, 0.15) is 12.0 Å². The van der Waals surface area contributed by atoms with Gasteiger partial charge in [-0.3, -0.25) is 14.3 Å². The highest BCUT2D eigenvalue weighted by molar-refractivity contribution is 5.79. The van der Waals surface area contributed by atoms with E-state index in [9.17, 15) is 9.59 Å². The van der Waals surface area contributed by atoms with Crippen LogP contribution in [0.3, 0.4) is 0 Å². The fourth-order valence-corrected chi connectivity index (χ4v) is 3.73. The normalized spacial score (nSPS) is 14.1. The van der Waals surface area contributed by atoms with E-state index in [1.165, 1.54) is 11.9 Å². The van der Waals surface area contributed by atoms with Crippen molar-refractivity contribution in [1.82, 2.24) is 14.7 Å². The molecule has 3 aromatic rings. The fraction of sp³-hybridized carbons (Fsp3) is 0.348. The average Bonchev–Trinajstić information content (AvgIpc) is 2.80. The molecule has 0 saturated carbocycles. The first-order chi connectivity index (χ1) is 14.6. The van der Waals surface area contributed by atoms with Crippen LogP contribution >= 0.6 is 0 Å². The molecule has 2 aromatic carbocycles. The molecule has 1 aliphatic heterocycles. The number of benzene rings is 2. The Morgan fingerprint density at radius 2 is 1.83 bits per heavy atom. The molecule has 7 heteroatoms. The van der Waals surface area contributed by atoms with Crippen LogP contribution in [-0.4, -0.2) is 53.9 Å². The molecular formula is C23H26N4O3. The average molecular weight is 406 g/mol. The van der Waals surface area contributed by atoms with Crippen LogP contribution in [0.25, 0.3) is 10.9 Å². The lowest BCUT2D eigenvalue weighted by Gasteiger charge is -2.29. The van der Waals surface area contributed by atoms with Crippen LogP contribution in [-0.2, 0) is 22.6 Å². The summed E-state index contributed by atoms with van der Waals surface area (Å²) in [7, 11) is 1.81. The lowest BCUT2D eigenvalue weighted by molar-refractivity contribution is -0.130. The SMILES string of the molecule is CN(Cc1ccc(N2CCOCC2)cc1)C(=O)CCn1ncc(=O)c2ccccc21. The Hall–Kier alpha value is -3.19. The van der Waals surface area contributed by atoms with E-state index in [0.29, 0.717) is 24.9 Å². The molecule has 1 fully saturated rings. The molecule has 156 valence electrons. The molecule has 1 saturated heterocycles. The molecular weight excluding hydrogens is 380 g/mol. The monoisotopic (exact) mass is 406 g/mol. The summed E-state index contributed by atoms with van der Waals surface area (Å²) in [5.74, 6) is 0.0387. The van der Waals surface area contributed by atoms with Crippen molar-refractivity contribution in [3.8, 4) is 0 Å². The number of fused-ring (bicyclic) bond motifs is 1. The number of carbonyl (C=O) groups excluding carboxylic acids is 1. The lowest BCUT2D eigenvalue weighted by Crippen LogP contribution is -2.36. The van der Waals surface area contributed by atoms with Crippen molar-refractivity contribution in [3.05, 3.63) is 70.5 Å².